The van der Waals surface area contributed by atoms with Gasteiger partial charge >= 0.3 is 0 Å². The minimum atomic E-state index is 0.584. The molecule has 0 radical (unpaired) electrons. The molecule has 31 heavy (non-hydrogen) atoms. The number of hydrogen-bond acceptors (Lipinski definition) is 3. The van der Waals surface area contributed by atoms with Gasteiger partial charge in [-0.3, -0.25) is 0 Å². The minimum absolute atomic E-state index is 0.584. The highest BCUT2D eigenvalue weighted by Crippen LogP contribution is 2.28. The molecule has 0 fully saturated rings. The molecule has 1 heterocycles. The molecule has 0 spiro atoms. The third-order valence-electron chi connectivity index (χ3n) is 5.22. The van der Waals surface area contributed by atoms with Crippen LogP contribution in [-0.2, 0) is 12.3 Å². The summed E-state index contributed by atoms with van der Waals surface area (Å²) in [6.45, 7) is 1.33. The first-order valence-corrected chi connectivity index (χ1v) is 12.0. The molecule has 5 aromatic rings. The smallest absolute Gasteiger partial charge is 0.169 e. The lowest BCUT2D eigenvalue weighted by Crippen LogP contribution is -2.09. The third kappa shape index (κ3) is 4.48. The standard InChI is InChI=1S/C26H21BrN2OS/c27-21-14-12-19(13-15-21)18-31-26-28-23-9-3-4-10-24(23)29(26)16-17-30-25-11-5-7-20-6-1-2-8-22(20)25/h1-15H,16-18H2. The van der Waals surface area contributed by atoms with Crippen LogP contribution in [0.15, 0.2) is 101 Å². The Hall–Kier alpha value is -2.76. The zero-order valence-corrected chi connectivity index (χ0v) is 19.3. The largest absolute Gasteiger partial charge is 0.491 e. The predicted octanol–water partition coefficient (Wildman–Crippen LogP) is 7.32. The maximum absolute atomic E-state index is 6.21. The van der Waals surface area contributed by atoms with E-state index in [2.05, 4.69) is 93.3 Å². The monoisotopic (exact) mass is 488 g/mol. The van der Waals surface area contributed by atoms with Crippen LogP contribution in [0, 0.1) is 0 Å². The van der Waals surface area contributed by atoms with Gasteiger partial charge in [0.05, 0.1) is 17.6 Å². The summed E-state index contributed by atoms with van der Waals surface area (Å²) < 4.78 is 9.57. The molecule has 4 aromatic carbocycles. The van der Waals surface area contributed by atoms with E-state index in [0.717, 1.165) is 44.1 Å². The molecule has 0 N–H and O–H groups in total. The van der Waals surface area contributed by atoms with E-state index in [0.29, 0.717) is 6.61 Å². The van der Waals surface area contributed by atoms with Crippen LogP contribution < -0.4 is 4.74 Å². The normalized spacial score (nSPS) is 11.3. The summed E-state index contributed by atoms with van der Waals surface area (Å²) in [7, 11) is 0. The van der Waals surface area contributed by atoms with Gasteiger partial charge in [0.15, 0.2) is 5.16 Å². The first-order chi connectivity index (χ1) is 15.3. The maximum Gasteiger partial charge on any atom is 0.169 e. The Morgan fingerprint density at radius 1 is 0.839 bits per heavy atom. The highest BCUT2D eigenvalue weighted by atomic mass is 79.9. The number of fused-ring (bicyclic) bond motifs is 2. The van der Waals surface area contributed by atoms with E-state index in [4.69, 9.17) is 9.72 Å². The Morgan fingerprint density at radius 3 is 2.52 bits per heavy atom. The van der Waals surface area contributed by atoms with E-state index >= 15 is 0 Å². The van der Waals surface area contributed by atoms with Gasteiger partial charge < -0.3 is 9.30 Å². The van der Waals surface area contributed by atoms with E-state index in [1.807, 2.05) is 18.2 Å². The number of para-hydroxylation sites is 2. The summed E-state index contributed by atoms with van der Waals surface area (Å²) in [5.41, 5.74) is 3.44. The van der Waals surface area contributed by atoms with Gasteiger partial charge in [0, 0.05) is 15.6 Å². The van der Waals surface area contributed by atoms with Crippen LogP contribution in [0.3, 0.4) is 0 Å². The van der Waals surface area contributed by atoms with Crippen LogP contribution >= 0.6 is 27.7 Å². The van der Waals surface area contributed by atoms with Gasteiger partial charge in [0.25, 0.3) is 0 Å². The lowest BCUT2D eigenvalue weighted by atomic mass is 10.1. The van der Waals surface area contributed by atoms with Crippen molar-refractivity contribution in [3.05, 3.63) is 101 Å². The second-order valence-electron chi connectivity index (χ2n) is 7.28. The number of thioether (sulfide) groups is 1. The van der Waals surface area contributed by atoms with E-state index < -0.39 is 0 Å². The molecule has 0 saturated carbocycles. The Labute approximate surface area is 194 Å². The average molecular weight is 489 g/mol. The number of halogens is 1. The molecule has 1 aromatic heterocycles. The van der Waals surface area contributed by atoms with E-state index in [-0.39, 0.29) is 0 Å². The number of hydrogen-bond donors (Lipinski definition) is 0. The molecule has 0 aliphatic heterocycles. The molecule has 0 aliphatic rings. The zero-order chi connectivity index (χ0) is 21.0. The highest BCUT2D eigenvalue weighted by molar-refractivity contribution is 9.10. The minimum Gasteiger partial charge on any atom is -0.491 e. The predicted molar refractivity (Wildman–Crippen MR) is 133 cm³/mol. The van der Waals surface area contributed by atoms with Gasteiger partial charge in [-0.2, -0.15) is 0 Å². The molecule has 0 bridgehead atoms. The summed E-state index contributed by atoms with van der Waals surface area (Å²) >= 11 is 5.26. The number of nitrogens with zero attached hydrogens (tertiary/aromatic N) is 2. The summed E-state index contributed by atoms with van der Waals surface area (Å²) in [5.74, 6) is 1.80. The highest BCUT2D eigenvalue weighted by Gasteiger charge is 2.12. The SMILES string of the molecule is Brc1ccc(CSc2nc3ccccc3n2CCOc2cccc3ccccc23)cc1. The fraction of sp³-hybridized carbons (Fsp3) is 0.115. The van der Waals surface area contributed by atoms with Gasteiger partial charge in [-0.15, -0.1) is 0 Å². The van der Waals surface area contributed by atoms with Gasteiger partial charge in [-0.25, -0.2) is 4.98 Å². The van der Waals surface area contributed by atoms with Crippen LogP contribution in [0.25, 0.3) is 21.8 Å². The number of imidazole rings is 1. The topological polar surface area (TPSA) is 27.1 Å². The number of rotatable bonds is 7. The van der Waals surface area contributed by atoms with Crippen LogP contribution in [-0.4, -0.2) is 16.2 Å². The molecule has 154 valence electrons. The quantitative estimate of drug-likeness (QED) is 0.224. The first kappa shape index (κ1) is 20.2. The van der Waals surface area contributed by atoms with Crippen molar-refractivity contribution in [3.63, 3.8) is 0 Å². The summed E-state index contributed by atoms with van der Waals surface area (Å²) in [5, 5.41) is 3.36. The van der Waals surface area contributed by atoms with E-state index in [9.17, 15) is 0 Å². The Kier molecular flexibility index (Phi) is 5.96. The van der Waals surface area contributed by atoms with Crippen LogP contribution in [0.1, 0.15) is 5.56 Å². The molecule has 0 atom stereocenters. The van der Waals surface area contributed by atoms with Gasteiger partial charge in [0.1, 0.15) is 12.4 Å². The fourth-order valence-electron chi connectivity index (χ4n) is 3.68. The molecule has 5 rings (SSSR count). The van der Waals surface area contributed by atoms with E-state index in [1.165, 1.54) is 10.9 Å². The Bertz CT molecular complexity index is 1330. The average Bonchev–Trinajstić information content (AvgIpc) is 3.16. The Balaban J connectivity index is 1.35. The zero-order valence-electron chi connectivity index (χ0n) is 16.9. The van der Waals surface area contributed by atoms with Crippen molar-refractivity contribution in [2.75, 3.05) is 6.61 Å². The van der Waals surface area contributed by atoms with Gasteiger partial charge in [-0.1, -0.05) is 88.4 Å². The third-order valence-corrected chi connectivity index (χ3v) is 6.80. The van der Waals surface area contributed by atoms with E-state index in [1.54, 1.807) is 11.8 Å². The second-order valence-corrected chi connectivity index (χ2v) is 9.13. The molecule has 3 nitrogen and oxygen atoms in total. The van der Waals surface area contributed by atoms with Crippen LogP contribution in [0.2, 0.25) is 0 Å². The molecule has 0 saturated heterocycles. The number of benzene rings is 4. The van der Waals surface area contributed by atoms with Crippen LogP contribution in [0.4, 0.5) is 0 Å². The fourth-order valence-corrected chi connectivity index (χ4v) is 4.94. The van der Waals surface area contributed by atoms with Gasteiger partial charge in [0.2, 0.25) is 0 Å². The van der Waals surface area contributed by atoms with Gasteiger partial charge in [-0.05, 0) is 41.3 Å². The molecule has 5 heteroatoms. The molecule has 0 amide bonds. The lowest BCUT2D eigenvalue weighted by Gasteiger charge is -2.12. The summed E-state index contributed by atoms with van der Waals surface area (Å²) in [6.07, 6.45) is 0. The molecule has 0 aliphatic carbocycles. The van der Waals surface area contributed by atoms with Crippen molar-refractivity contribution in [2.24, 2.45) is 0 Å². The van der Waals surface area contributed by atoms with Crippen molar-refractivity contribution in [2.45, 2.75) is 17.5 Å². The second kappa shape index (κ2) is 9.16. The first-order valence-electron chi connectivity index (χ1n) is 10.2. The van der Waals surface area contributed by atoms with Crippen molar-refractivity contribution in [3.8, 4) is 5.75 Å². The Morgan fingerprint density at radius 2 is 1.61 bits per heavy atom. The number of ether oxygens (including phenoxy) is 1. The van der Waals surface area contributed by atoms with Crippen LogP contribution in [0.5, 0.6) is 5.75 Å². The van der Waals surface area contributed by atoms with Crippen molar-refractivity contribution < 1.29 is 4.74 Å². The maximum atomic E-state index is 6.21. The van der Waals surface area contributed by atoms with Crippen molar-refractivity contribution >= 4 is 49.5 Å². The van der Waals surface area contributed by atoms with Crippen molar-refractivity contribution in [1.29, 1.82) is 0 Å². The molecular weight excluding hydrogens is 468 g/mol. The lowest BCUT2D eigenvalue weighted by molar-refractivity contribution is 0.299. The molecule has 0 unspecified atom stereocenters. The van der Waals surface area contributed by atoms with Crippen molar-refractivity contribution in [1.82, 2.24) is 9.55 Å². The number of aromatic nitrogens is 2. The summed E-state index contributed by atoms with van der Waals surface area (Å²) in [4.78, 5) is 4.88. The summed E-state index contributed by atoms with van der Waals surface area (Å²) in [6, 6.07) is 31.3. The molecular formula is C26H21BrN2OS.